The summed E-state index contributed by atoms with van der Waals surface area (Å²) in [5.74, 6) is -0.0310. The van der Waals surface area contributed by atoms with E-state index in [9.17, 15) is 13.2 Å². The summed E-state index contributed by atoms with van der Waals surface area (Å²) in [6, 6.07) is 6.50. The van der Waals surface area contributed by atoms with Crippen molar-refractivity contribution in [3.63, 3.8) is 0 Å². The van der Waals surface area contributed by atoms with Gasteiger partial charge in [-0.25, -0.2) is 8.42 Å². The molecule has 0 spiro atoms. The van der Waals surface area contributed by atoms with Crippen LogP contribution < -0.4 is 10.6 Å². The van der Waals surface area contributed by atoms with Gasteiger partial charge in [0, 0.05) is 25.8 Å². The van der Waals surface area contributed by atoms with Gasteiger partial charge in [0.25, 0.3) is 0 Å². The minimum Gasteiger partial charge on any atom is -0.352 e. The largest absolute Gasteiger partial charge is 0.352 e. The first-order chi connectivity index (χ1) is 8.43. The average Bonchev–Trinajstić information content (AvgIpc) is 2.33. The second-order valence-electron chi connectivity index (χ2n) is 4.05. The first kappa shape index (κ1) is 14.7. The molecule has 100 valence electrons. The fourth-order valence-electron chi connectivity index (χ4n) is 1.38. The number of amides is 1. The Kier molecular flexibility index (Phi) is 5.30. The maximum Gasteiger partial charge on any atom is 0.221 e. The number of carbonyl (C=O) groups is 1. The minimum absolute atomic E-state index is 0.0310. The molecule has 0 bridgehead atoms. The third kappa shape index (κ3) is 4.85. The maximum atomic E-state index is 11.4. The first-order valence-electron chi connectivity index (χ1n) is 5.64. The van der Waals surface area contributed by atoms with E-state index in [0.29, 0.717) is 19.5 Å². The molecule has 0 saturated carbocycles. The Bertz CT molecular complexity index is 495. The highest BCUT2D eigenvalue weighted by molar-refractivity contribution is 7.90. The van der Waals surface area contributed by atoms with Gasteiger partial charge in [0.15, 0.2) is 9.84 Å². The molecule has 0 unspecified atom stereocenters. The Morgan fingerprint density at radius 1 is 1.22 bits per heavy atom. The third-order valence-corrected chi connectivity index (χ3v) is 3.57. The first-order valence-corrected chi connectivity index (χ1v) is 7.53. The van der Waals surface area contributed by atoms with Crippen LogP contribution in [0.5, 0.6) is 0 Å². The van der Waals surface area contributed by atoms with E-state index in [4.69, 9.17) is 0 Å². The SMILES string of the molecule is CNCCC(=O)NCc1ccc(S(C)(=O)=O)cc1. The van der Waals surface area contributed by atoms with Crippen LogP contribution in [0, 0.1) is 0 Å². The maximum absolute atomic E-state index is 11.4. The summed E-state index contributed by atoms with van der Waals surface area (Å²) >= 11 is 0. The van der Waals surface area contributed by atoms with Gasteiger partial charge >= 0.3 is 0 Å². The highest BCUT2D eigenvalue weighted by Crippen LogP contribution is 2.10. The van der Waals surface area contributed by atoms with Crippen LogP contribution in [0.2, 0.25) is 0 Å². The summed E-state index contributed by atoms with van der Waals surface area (Å²) in [5, 5.41) is 5.66. The van der Waals surface area contributed by atoms with E-state index in [-0.39, 0.29) is 10.8 Å². The Labute approximate surface area is 108 Å². The minimum atomic E-state index is -3.16. The molecular weight excluding hydrogens is 252 g/mol. The number of sulfone groups is 1. The van der Waals surface area contributed by atoms with Crippen molar-refractivity contribution in [1.29, 1.82) is 0 Å². The van der Waals surface area contributed by atoms with Crippen LogP contribution in [-0.2, 0) is 21.2 Å². The van der Waals surface area contributed by atoms with E-state index in [1.54, 1.807) is 31.3 Å². The highest BCUT2D eigenvalue weighted by atomic mass is 32.2. The van der Waals surface area contributed by atoms with Crippen molar-refractivity contribution in [2.75, 3.05) is 19.8 Å². The van der Waals surface area contributed by atoms with E-state index in [1.165, 1.54) is 6.26 Å². The molecular formula is C12H18N2O3S. The zero-order valence-corrected chi connectivity index (χ0v) is 11.4. The molecule has 0 aromatic heterocycles. The zero-order valence-electron chi connectivity index (χ0n) is 10.6. The molecule has 0 saturated heterocycles. The van der Waals surface area contributed by atoms with Crippen LogP contribution in [0.1, 0.15) is 12.0 Å². The number of hydrogen-bond acceptors (Lipinski definition) is 4. The van der Waals surface area contributed by atoms with Crippen LogP contribution in [-0.4, -0.2) is 34.2 Å². The van der Waals surface area contributed by atoms with Crippen molar-refractivity contribution in [2.24, 2.45) is 0 Å². The van der Waals surface area contributed by atoms with Crippen LogP contribution in [0.25, 0.3) is 0 Å². The zero-order chi connectivity index (χ0) is 13.6. The van der Waals surface area contributed by atoms with Crippen molar-refractivity contribution in [1.82, 2.24) is 10.6 Å². The van der Waals surface area contributed by atoms with E-state index in [0.717, 1.165) is 5.56 Å². The van der Waals surface area contributed by atoms with Gasteiger partial charge in [-0.1, -0.05) is 12.1 Å². The molecule has 1 aromatic carbocycles. The highest BCUT2D eigenvalue weighted by Gasteiger charge is 2.06. The number of nitrogens with one attached hydrogen (secondary N) is 2. The predicted molar refractivity (Wildman–Crippen MR) is 69.9 cm³/mol. The van der Waals surface area contributed by atoms with E-state index in [1.807, 2.05) is 0 Å². The molecule has 1 aromatic rings. The second kappa shape index (κ2) is 6.51. The van der Waals surface area contributed by atoms with Gasteiger partial charge in [-0.2, -0.15) is 0 Å². The fourth-order valence-corrected chi connectivity index (χ4v) is 2.01. The quantitative estimate of drug-likeness (QED) is 0.780. The number of hydrogen-bond donors (Lipinski definition) is 2. The molecule has 0 radical (unpaired) electrons. The lowest BCUT2D eigenvalue weighted by molar-refractivity contribution is -0.121. The van der Waals surface area contributed by atoms with Crippen LogP contribution in [0.4, 0.5) is 0 Å². The predicted octanol–water partition coefficient (Wildman–Crippen LogP) is 0.316. The standard InChI is InChI=1S/C12H18N2O3S/c1-13-8-7-12(15)14-9-10-3-5-11(6-4-10)18(2,16)17/h3-6,13H,7-9H2,1-2H3,(H,14,15). The lowest BCUT2D eigenvalue weighted by Crippen LogP contribution is -2.26. The van der Waals surface area contributed by atoms with Gasteiger partial charge in [-0.3, -0.25) is 4.79 Å². The molecule has 0 atom stereocenters. The lowest BCUT2D eigenvalue weighted by Gasteiger charge is -2.06. The summed E-state index contributed by atoms with van der Waals surface area (Å²) in [6.45, 7) is 1.05. The molecule has 6 heteroatoms. The molecule has 0 fully saturated rings. The monoisotopic (exact) mass is 270 g/mol. The van der Waals surface area contributed by atoms with Crippen molar-refractivity contribution < 1.29 is 13.2 Å². The van der Waals surface area contributed by atoms with E-state index < -0.39 is 9.84 Å². The summed E-state index contributed by atoms with van der Waals surface area (Å²) in [5.41, 5.74) is 0.875. The molecule has 0 aliphatic rings. The Hall–Kier alpha value is -1.40. The van der Waals surface area contributed by atoms with Gasteiger partial charge in [0.05, 0.1) is 4.90 Å². The van der Waals surface area contributed by atoms with E-state index >= 15 is 0 Å². The molecule has 1 amide bonds. The summed E-state index contributed by atoms with van der Waals surface area (Å²) in [6.07, 6.45) is 1.60. The van der Waals surface area contributed by atoms with Crippen LogP contribution >= 0.6 is 0 Å². The summed E-state index contributed by atoms with van der Waals surface area (Å²) in [4.78, 5) is 11.6. The molecule has 0 heterocycles. The molecule has 2 N–H and O–H groups in total. The lowest BCUT2D eigenvalue weighted by atomic mass is 10.2. The molecule has 0 aliphatic heterocycles. The average molecular weight is 270 g/mol. The van der Waals surface area contributed by atoms with E-state index in [2.05, 4.69) is 10.6 Å². The topological polar surface area (TPSA) is 75.3 Å². The van der Waals surface area contributed by atoms with Gasteiger partial charge in [-0.05, 0) is 24.7 Å². The summed E-state index contributed by atoms with van der Waals surface area (Å²) < 4.78 is 22.5. The normalized spacial score (nSPS) is 11.2. The van der Waals surface area contributed by atoms with Crippen LogP contribution in [0.3, 0.4) is 0 Å². The Morgan fingerprint density at radius 2 is 1.83 bits per heavy atom. The Morgan fingerprint density at radius 3 is 2.33 bits per heavy atom. The van der Waals surface area contributed by atoms with Crippen molar-refractivity contribution >= 4 is 15.7 Å². The number of carbonyl (C=O) groups excluding carboxylic acids is 1. The second-order valence-corrected chi connectivity index (χ2v) is 6.06. The van der Waals surface area contributed by atoms with Gasteiger partial charge in [0.2, 0.25) is 5.91 Å². The number of benzene rings is 1. The smallest absolute Gasteiger partial charge is 0.221 e. The van der Waals surface area contributed by atoms with Gasteiger partial charge < -0.3 is 10.6 Å². The fraction of sp³-hybridized carbons (Fsp3) is 0.417. The third-order valence-electron chi connectivity index (χ3n) is 2.44. The van der Waals surface area contributed by atoms with Gasteiger partial charge in [0.1, 0.15) is 0 Å². The molecule has 5 nitrogen and oxygen atoms in total. The van der Waals surface area contributed by atoms with Crippen LogP contribution in [0.15, 0.2) is 29.2 Å². The molecule has 1 rings (SSSR count). The van der Waals surface area contributed by atoms with Crippen molar-refractivity contribution in [3.8, 4) is 0 Å². The number of rotatable bonds is 6. The summed E-state index contributed by atoms with van der Waals surface area (Å²) in [7, 11) is -1.37. The Balaban J connectivity index is 2.52. The molecule has 0 aliphatic carbocycles. The molecule has 18 heavy (non-hydrogen) atoms. The van der Waals surface area contributed by atoms with Crippen molar-refractivity contribution in [2.45, 2.75) is 17.9 Å². The van der Waals surface area contributed by atoms with Crippen molar-refractivity contribution in [3.05, 3.63) is 29.8 Å². The van der Waals surface area contributed by atoms with Gasteiger partial charge in [-0.15, -0.1) is 0 Å².